The van der Waals surface area contributed by atoms with Crippen LogP contribution < -0.4 is 0 Å². The maximum atomic E-state index is 13.0. The minimum atomic E-state index is -3.46. The minimum absolute atomic E-state index is 0.0341. The third-order valence-electron chi connectivity index (χ3n) is 5.84. The van der Waals surface area contributed by atoms with Crippen LogP contribution in [-0.4, -0.2) is 79.5 Å². The zero-order valence-electron chi connectivity index (χ0n) is 18.3. The van der Waals surface area contributed by atoms with Crippen LogP contribution in [0.3, 0.4) is 0 Å². The van der Waals surface area contributed by atoms with Gasteiger partial charge in [0.15, 0.2) is 0 Å². The van der Waals surface area contributed by atoms with E-state index in [9.17, 15) is 8.42 Å². The third-order valence-corrected chi connectivity index (χ3v) is 7.53. The summed E-state index contributed by atoms with van der Waals surface area (Å²) in [5.41, 5.74) is 0.978. The van der Waals surface area contributed by atoms with Gasteiger partial charge in [0, 0.05) is 32.8 Å². The van der Waals surface area contributed by atoms with Crippen LogP contribution in [-0.2, 0) is 27.7 Å². The number of imidazole rings is 1. The number of ether oxygens (including phenoxy) is 1. The van der Waals surface area contributed by atoms with E-state index in [-0.39, 0.29) is 17.0 Å². The van der Waals surface area contributed by atoms with Gasteiger partial charge in [-0.1, -0.05) is 20.3 Å². The molecule has 0 unspecified atom stereocenters. The first-order valence-corrected chi connectivity index (χ1v) is 12.8. The van der Waals surface area contributed by atoms with Crippen molar-refractivity contribution in [2.24, 2.45) is 5.92 Å². The molecule has 0 radical (unpaired) electrons. The second-order valence-corrected chi connectivity index (χ2v) is 11.0. The van der Waals surface area contributed by atoms with Gasteiger partial charge in [0.25, 0.3) is 0 Å². The Bertz CT molecular complexity index is 735. The molecule has 8 heteroatoms. The number of sulfone groups is 1. The molecule has 0 aromatic carbocycles. The highest BCUT2D eigenvalue weighted by Gasteiger charge is 2.29. The molecular weight excluding hydrogens is 388 g/mol. The van der Waals surface area contributed by atoms with Gasteiger partial charge in [0.2, 0.25) is 15.0 Å². The smallest absolute Gasteiger partial charge is 0.227 e. The fourth-order valence-electron chi connectivity index (χ4n) is 4.27. The lowest BCUT2D eigenvalue weighted by molar-refractivity contribution is 0.127. The number of likely N-dealkylation sites (N-methyl/N-ethyl adjacent to an activating group) is 1. The van der Waals surface area contributed by atoms with Gasteiger partial charge in [-0.05, 0) is 51.7 Å². The molecule has 2 fully saturated rings. The molecule has 0 spiro atoms. The number of aromatic nitrogens is 2. The van der Waals surface area contributed by atoms with E-state index in [1.54, 1.807) is 6.20 Å². The lowest BCUT2D eigenvalue weighted by Gasteiger charge is -2.28. The molecule has 3 rings (SSSR count). The Balaban J connectivity index is 1.67. The Hall–Kier alpha value is -0.960. The van der Waals surface area contributed by atoms with Crippen molar-refractivity contribution in [3.05, 3.63) is 11.9 Å². The second-order valence-electron chi connectivity index (χ2n) is 9.09. The molecule has 1 aromatic rings. The summed E-state index contributed by atoms with van der Waals surface area (Å²) in [4.78, 5) is 9.18. The zero-order valence-corrected chi connectivity index (χ0v) is 19.2. The van der Waals surface area contributed by atoms with Crippen LogP contribution in [0.15, 0.2) is 11.4 Å². The fraction of sp³-hybridized carbons (Fsp3) is 0.857. The highest BCUT2D eigenvalue weighted by Crippen LogP contribution is 2.21. The first-order valence-electron chi connectivity index (χ1n) is 11.1. The van der Waals surface area contributed by atoms with Gasteiger partial charge in [-0.15, -0.1) is 0 Å². The predicted octanol–water partition coefficient (Wildman–Crippen LogP) is 2.41. The number of likely N-dealkylation sites (tertiary alicyclic amines) is 1. The van der Waals surface area contributed by atoms with Crippen molar-refractivity contribution in [2.45, 2.75) is 70.3 Å². The Morgan fingerprint density at radius 3 is 2.66 bits per heavy atom. The van der Waals surface area contributed by atoms with Crippen LogP contribution in [0.1, 0.15) is 51.6 Å². The highest BCUT2D eigenvalue weighted by molar-refractivity contribution is 7.91. The minimum Gasteiger partial charge on any atom is -0.377 e. The van der Waals surface area contributed by atoms with Crippen molar-refractivity contribution >= 4 is 9.84 Å². The van der Waals surface area contributed by atoms with Gasteiger partial charge in [0.05, 0.1) is 23.7 Å². The molecule has 7 nitrogen and oxygen atoms in total. The van der Waals surface area contributed by atoms with E-state index in [0.717, 1.165) is 31.6 Å². The van der Waals surface area contributed by atoms with Crippen molar-refractivity contribution in [1.29, 1.82) is 0 Å². The number of nitrogens with zero attached hydrogens (tertiary/aromatic N) is 4. The average molecular weight is 427 g/mol. The van der Waals surface area contributed by atoms with Crippen LogP contribution in [0.5, 0.6) is 0 Å². The van der Waals surface area contributed by atoms with Crippen LogP contribution in [0.4, 0.5) is 0 Å². The largest absolute Gasteiger partial charge is 0.377 e. The Morgan fingerprint density at radius 1 is 1.24 bits per heavy atom. The summed E-state index contributed by atoms with van der Waals surface area (Å²) in [5, 5.41) is 0.209. The van der Waals surface area contributed by atoms with Gasteiger partial charge in [0.1, 0.15) is 0 Å². The molecular formula is C21H38N4O3S. The molecule has 0 saturated carbocycles. The molecule has 0 amide bonds. The van der Waals surface area contributed by atoms with Gasteiger partial charge in [-0.25, -0.2) is 13.4 Å². The summed E-state index contributed by atoms with van der Waals surface area (Å²) in [5.74, 6) is 0.380. The Morgan fingerprint density at radius 2 is 2.00 bits per heavy atom. The zero-order chi connectivity index (χ0) is 20.9. The van der Waals surface area contributed by atoms with Crippen molar-refractivity contribution in [2.75, 3.05) is 45.6 Å². The maximum absolute atomic E-state index is 13.0. The van der Waals surface area contributed by atoms with Gasteiger partial charge in [-0.2, -0.15) is 0 Å². The van der Waals surface area contributed by atoms with Crippen LogP contribution >= 0.6 is 0 Å². The van der Waals surface area contributed by atoms with Gasteiger partial charge in [-0.3, -0.25) is 4.90 Å². The lowest BCUT2D eigenvalue weighted by Crippen LogP contribution is -2.36. The molecule has 29 heavy (non-hydrogen) atoms. The summed E-state index contributed by atoms with van der Waals surface area (Å²) < 4.78 is 33.6. The Labute approximate surface area is 176 Å². The summed E-state index contributed by atoms with van der Waals surface area (Å²) in [6, 6.07) is 0. The number of rotatable bonds is 10. The first kappa shape index (κ1) is 22.7. The van der Waals surface area contributed by atoms with E-state index >= 15 is 0 Å². The topological polar surface area (TPSA) is 67.7 Å². The summed E-state index contributed by atoms with van der Waals surface area (Å²) in [6.45, 7) is 10.7. The van der Waals surface area contributed by atoms with Crippen LogP contribution in [0, 0.1) is 5.92 Å². The quantitative estimate of drug-likeness (QED) is 0.572. The van der Waals surface area contributed by atoms with Crippen LogP contribution in [0.2, 0.25) is 0 Å². The van der Waals surface area contributed by atoms with E-state index in [1.807, 2.05) is 4.57 Å². The van der Waals surface area contributed by atoms with Crippen molar-refractivity contribution < 1.29 is 13.2 Å². The molecule has 1 atom stereocenters. The molecule has 0 aliphatic carbocycles. The Kier molecular flexibility index (Phi) is 8.13. The van der Waals surface area contributed by atoms with E-state index < -0.39 is 9.84 Å². The monoisotopic (exact) mass is 426 g/mol. The molecule has 0 bridgehead atoms. The number of hydrogen-bond donors (Lipinski definition) is 0. The first-order chi connectivity index (χ1) is 13.8. The lowest BCUT2D eigenvalue weighted by atomic mass is 10.1. The molecule has 2 aliphatic heterocycles. The molecule has 2 saturated heterocycles. The van der Waals surface area contributed by atoms with E-state index in [4.69, 9.17) is 4.74 Å². The van der Waals surface area contributed by atoms with E-state index in [1.165, 1.54) is 32.4 Å². The summed E-state index contributed by atoms with van der Waals surface area (Å²) in [7, 11) is -1.36. The fourth-order valence-corrected chi connectivity index (χ4v) is 5.91. The molecule has 0 N–H and O–H groups in total. The standard InChI is InChI=1S/C21H38N4O3S/c1-18(2)15-25-19(16-23(3)11-12-24-9-5-4-6-10-24)14-22-21(25)29(26,27)17-20-8-7-13-28-20/h14,18,20H,4-13,15-17H2,1-3H3/t20-/m1/s1. The average Bonchev–Trinajstić information content (AvgIpc) is 3.31. The van der Waals surface area contributed by atoms with E-state index in [2.05, 4.69) is 35.7 Å². The molecule has 2 aliphatic rings. The van der Waals surface area contributed by atoms with Crippen LogP contribution in [0.25, 0.3) is 0 Å². The molecule has 1 aromatic heterocycles. The SMILES string of the molecule is CC(C)Cn1c(CN(C)CCN2CCCCC2)cnc1S(=O)(=O)C[C@H]1CCCO1. The maximum Gasteiger partial charge on any atom is 0.227 e. The van der Waals surface area contributed by atoms with Crippen molar-refractivity contribution in [3.63, 3.8) is 0 Å². The van der Waals surface area contributed by atoms with Crippen molar-refractivity contribution in [1.82, 2.24) is 19.4 Å². The van der Waals surface area contributed by atoms with Gasteiger partial charge < -0.3 is 14.2 Å². The number of hydrogen-bond acceptors (Lipinski definition) is 6. The van der Waals surface area contributed by atoms with E-state index in [0.29, 0.717) is 25.6 Å². The second kappa shape index (κ2) is 10.4. The molecule has 166 valence electrons. The molecule has 3 heterocycles. The normalized spacial score (nSPS) is 21.5. The highest BCUT2D eigenvalue weighted by atomic mass is 32.2. The summed E-state index contributed by atoms with van der Waals surface area (Å²) in [6.07, 6.45) is 7.27. The number of piperidine rings is 1. The van der Waals surface area contributed by atoms with Gasteiger partial charge >= 0.3 is 0 Å². The predicted molar refractivity (Wildman–Crippen MR) is 115 cm³/mol. The van der Waals surface area contributed by atoms with Crippen molar-refractivity contribution in [3.8, 4) is 0 Å². The summed E-state index contributed by atoms with van der Waals surface area (Å²) >= 11 is 0. The third kappa shape index (κ3) is 6.51.